The van der Waals surface area contributed by atoms with E-state index in [1.54, 1.807) is 19.2 Å². The molecule has 2 nitrogen and oxygen atoms in total. The highest BCUT2D eigenvalue weighted by Crippen LogP contribution is 2.25. The molecule has 0 aliphatic carbocycles. The second-order valence-electron chi connectivity index (χ2n) is 3.73. The molecule has 3 heteroatoms. The Balaban J connectivity index is 2.27. The van der Waals surface area contributed by atoms with Crippen LogP contribution in [0.3, 0.4) is 0 Å². The van der Waals surface area contributed by atoms with E-state index in [1.165, 1.54) is 0 Å². The number of aliphatic hydroxyl groups excluding tert-OH is 1. The number of rotatable bonds is 3. The summed E-state index contributed by atoms with van der Waals surface area (Å²) in [4.78, 5) is 0. The van der Waals surface area contributed by atoms with Crippen molar-refractivity contribution in [2.45, 2.75) is 6.10 Å². The minimum absolute atomic E-state index is 0.620. The molecule has 0 spiro atoms. The van der Waals surface area contributed by atoms with Gasteiger partial charge in [0.2, 0.25) is 0 Å². The third kappa shape index (κ3) is 2.78. The van der Waals surface area contributed by atoms with Crippen LogP contribution in [-0.2, 0) is 0 Å². The van der Waals surface area contributed by atoms with Crippen molar-refractivity contribution in [1.29, 1.82) is 0 Å². The van der Waals surface area contributed by atoms with Crippen LogP contribution in [0.1, 0.15) is 17.2 Å². The third-order valence-electron chi connectivity index (χ3n) is 2.60. The maximum absolute atomic E-state index is 10.2. The van der Waals surface area contributed by atoms with Crippen LogP contribution < -0.4 is 4.74 Å². The molecule has 2 aromatic carbocycles. The Morgan fingerprint density at radius 1 is 1.06 bits per heavy atom. The Hall–Kier alpha value is -1.51. The SMILES string of the molecule is COc1ccc([C@H](O)c2cccc(Cl)c2)cc1. The quantitative estimate of drug-likeness (QED) is 0.902. The fraction of sp³-hybridized carbons (Fsp3) is 0.143. The van der Waals surface area contributed by atoms with E-state index in [-0.39, 0.29) is 0 Å². The first kappa shape index (κ1) is 12.0. The van der Waals surface area contributed by atoms with Crippen molar-refractivity contribution in [2.24, 2.45) is 0 Å². The minimum atomic E-state index is -0.667. The molecule has 0 unspecified atom stereocenters. The summed E-state index contributed by atoms with van der Waals surface area (Å²) in [5.41, 5.74) is 1.59. The van der Waals surface area contributed by atoms with E-state index >= 15 is 0 Å². The Labute approximate surface area is 105 Å². The van der Waals surface area contributed by atoms with Gasteiger partial charge in [-0.2, -0.15) is 0 Å². The number of hydrogen-bond donors (Lipinski definition) is 1. The van der Waals surface area contributed by atoms with E-state index in [9.17, 15) is 5.11 Å². The molecule has 2 aromatic rings. The zero-order valence-corrected chi connectivity index (χ0v) is 10.2. The number of methoxy groups -OCH3 is 1. The summed E-state index contributed by atoms with van der Waals surface area (Å²) >= 11 is 5.89. The van der Waals surface area contributed by atoms with E-state index < -0.39 is 6.10 Å². The molecule has 0 bridgehead atoms. The summed E-state index contributed by atoms with van der Waals surface area (Å²) in [5, 5.41) is 10.8. The van der Waals surface area contributed by atoms with Crippen LogP contribution in [0.15, 0.2) is 48.5 Å². The topological polar surface area (TPSA) is 29.5 Å². The van der Waals surface area contributed by atoms with Crippen LogP contribution in [0.2, 0.25) is 5.02 Å². The van der Waals surface area contributed by atoms with Gasteiger partial charge < -0.3 is 9.84 Å². The molecule has 0 aromatic heterocycles. The number of aliphatic hydroxyl groups is 1. The molecule has 1 N–H and O–H groups in total. The summed E-state index contributed by atoms with van der Waals surface area (Å²) in [7, 11) is 1.61. The van der Waals surface area contributed by atoms with Crippen molar-refractivity contribution in [2.75, 3.05) is 7.11 Å². The second kappa shape index (κ2) is 5.21. The van der Waals surface area contributed by atoms with Crippen molar-refractivity contribution < 1.29 is 9.84 Å². The first-order valence-electron chi connectivity index (χ1n) is 5.28. The lowest BCUT2D eigenvalue weighted by atomic mass is 10.0. The first-order chi connectivity index (χ1) is 8.20. The van der Waals surface area contributed by atoms with Crippen molar-refractivity contribution in [3.05, 3.63) is 64.7 Å². The van der Waals surface area contributed by atoms with Crippen LogP contribution in [-0.4, -0.2) is 12.2 Å². The smallest absolute Gasteiger partial charge is 0.118 e. The standard InChI is InChI=1S/C14H13ClO2/c1-17-13-7-5-10(6-8-13)14(16)11-3-2-4-12(15)9-11/h2-9,14,16H,1H3/t14-/m0/s1. The van der Waals surface area contributed by atoms with Gasteiger partial charge in [0, 0.05) is 5.02 Å². The average Bonchev–Trinajstić information content (AvgIpc) is 2.38. The van der Waals surface area contributed by atoms with E-state index in [2.05, 4.69) is 0 Å². The molecule has 0 radical (unpaired) electrons. The van der Waals surface area contributed by atoms with Crippen molar-refractivity contribution >= 4 is 11.6 Å². The van der Waals surface area contributed by atoms with Crippen LogP contribution in [0.5, 0.6) is 5.75 Å². The van der Waals surface area contributed by atoms with Crippen molar-refractivity contribution in [1.82, 2.24) is 0 Å². The van der Waals surface area contributed by atoms with Gasteiger partial charge in [-0.25, -0.2) is 0 Å². The molecule has 0 saturated carbocycles. The van der Waals surface area contributed by atoms with Crippen LogP contribution >= 0.6 is 11.6 Å². The zero-order chi connectivity index (χ0) is 12.3. The maximum Gasteiger partial charge on any atom is 0.118 e. The highest BCUT2D eigenvalue weighted by atomic mass is 35.5. The van der Waals surface area contributed by atoms with Gasteiger partial charge >= 0.3 is 0 Å². The molecule has 2 rings (SSSR count). The predicted octanol–water partition coefficient (Wildman–Crippen LogP) is 3.43. The van der Waals surface area contributed by atoms with E-state index in [0.29, 0.717) is 5.02 Å². The number of halogens is 1. The summed E-state index contributed by atoms with van der Waals surface area (Å²) in [6, 6.07) is 14.5. The van der Waals surface area contributed by atoms with E-state index in [4.69, 9.17) is 16.3 Å². The van der Waals surface area contributed by atoms with Crippen molar-refractivity contribution in [3.8, 4) is 5.75 Å². The zero-order valence-electron chi connectivity index (χ0n) is 9.43. The van der Waals surface area contributed by atoms with Gasteiger partial charge in [-0.1, -0.05) is 35.9 Å². The van der Waals surface area contributed by atoms with Gasteiger partial charge in [-0.3, -0.25) is 0 Å². The first-order valence-corrected chi connectivity index (χ1v) is 5.66. The number of hydrogen-bond acceptors (Lipinski definition) is 2. The lowest BCUT2D eigenvalue weighted by Crippen LogP contribution is -1.99. The third-order valence-corrected chi connectivity index (χ3v) is 2.83. The normalized spacial score (nSPS) is 12.2. The molecule has 1 atom stereocenters. The maximum atomic E-state index is 10.2. The van der Waals surface area contributed by atoms with Gasteiger partial charge in [-0.15, -0.1) is 0 Å². The second-order valence-corrected chi connectivity index (χ2v) is 4.17. The van der Waals surface area contributed by atoms with Crippen molar-refractivity contribution in [3.63, 3.8) is 0 Å². The lowest BCUT2D eigenvalue weighted by molar-refractivity contribution is 0.220. The summed E-state index contributed by atoms with van der Waals surface area (Å²) in [5.74, 6) is 0.770. The highest BCUT2D eigenvalue weighted by molar-refractivity contribution is 6.30. The molecule has 17 heavy (non-hydrogen) atoms. The van der Waals surface area contributed by atoms with Crippen LogP contribution in [0.25, 0.3) is 0 Å². The molecule has 0 heterocycles. The summed E-state index contributed by atoms with van der Waals surface area (Å²) in [6.45, 7) is 0. The Morgan fingerprint density at radius 2 is 1.76 bits per heavy atom. The molecule has 0 saturated heterocycles. The Kier molecular flexibility index (Phi) is 3.67. The predicted molar refractivity (Wildman–Crippen MR) is 68.5 cm³/mol. The Morgan fingerprint density at radius 3 is 2.35 bits per heavy atom. The largest absolute Gasteiger partial charge is 0.497 e. The van der Waals surface area contributed by atoms with Gasteiger partial charge in [0.05, 0.1) is 7.11 Å². The number of ether oxygens (including phenoxy) is 1. The van der Waals surface area contributed by atoms with E-state index in [1.807, 2.05) is 36.4 Å². The van der Waals surface area contributed by atoms with Gasteiger partial charge in [0.15, 0.2) is 0 Å². The average molecular weight is 249 g/mol. The lowest BCUT2D eigenvalue weighted by Gasteiger charge is -2.12. The molecule has 0 aliphatic rings. The minimum Gasteiger partial charge on any atom is -0.497 e. The molecule has 0 fully saturated rings. The van der Waals surface area contributed by atoms with E-state index in [0.717, 1.165) is 16.9 Å². The van der Waals surface area contributed by atoms with Gasteiger partial charge in [0.1, 0.15) is 11.9 Å². The Bertz CT molecular complexity index is 494. The molecule has 88 valence electrons. The summed E-state index contributed by atoms with van der Waals surface area (Å²) in [6.07, 6.45) is -0.667. The van der Waals surface area contributed by atoms with Crippen LogP contribution in [0, 0.1) is 0 Å². The molecular formula is C14H13ClO2. The monoisotopic (exact) mass is 248 g/mol. The summed E-state index contributed by atoms with van der Waals surface area (Å²) < 4.78 is 5.07. The molecular weight excluding hydrogens is 236 g/mol. The molecule has 0 amide bonds. The highest BCUT2D eigenvalue weighted by Gasteiger charge is 2.10. The van der Waals surface area contributed by atoms with Gasteiger partial charge in [-0.05, 0) is 35.4 Å². The van der Waals surface area contributed by atoms with Gasteiger partial charge in [0.25, 0.3) is 0 Å². The van der Waals surface area contributed by atoms with Crippen LogP contribution in [0.4, 0.5) is 0 Å². The number of benzene rings is 2. The fourth-order valence-electron chi connectivity index (χ4n) is 1.66. The molecule has 0 aliphatic heterocycles. The fourth-order valence-corrected chi connectivity index (χ4v) is 1.85.